The molecule has 0 saturated carbocycles. The van der Waals surface area contributed by atoms with Gasteiger partial charge in [0.2, 0.25) is 0 Å². The summed E-state index contributed by atoms with van der Waals surface area (Å²) >= 11 is 13.3. The van der Waals surface area contributed by atoms with Crippen LogP contribution in [-0.2, 0) is 0 Å². The average Bonchev–Trinajstić information content (AvgIpc) is 2.99. The maximum Gasteiger partial charge on any atom is 0.251 e. The number of fused-ring (bicyclic) bond motifs is 1. The summed E-state index contributed by atoms with van der Waals surface area (Å²) in [5.41, 5.74) is 1.22. The van der Waals surface area contributed by atoms with Crippen molar-refractivity contribution in [3.8, 4) is 0 Å². The molecule has 0 bridgehead atoms. The van der Waals surface area contributed by atoms with Crippen molar-refractivity contribution in [3.63, 3.8) is 0 Å². The molecular formula is C17H13Cl2NO2S. The van der Waals surface area contributed by atoms with E-state index in [9.17, 15) is 9.90 Å². The second-order valence-electron chi connectivity index (χ2n) is 5.04. The lowest BCUT2D eigenvalue weighted by Gasteiger charge is -2.12. The number of nitrogens with one attached hydrogen (secondary N) is 1. The number of hydrogen-bond acceptors (Lipinski definition) is 3. The number of thiophene rings is 1. The van der Waals surface area contributed by atoms with Gasteiger partial charge in [-0.3, -0.25) is 4.79 Å². The average molecular weight is 366 g/mol. The number of benzene rings is 2. The Hall–Kier alpha value is -1.59. The molecule has 1 aromatic heterocycles. The number of rotatable bonds is 4. The number of halogens is 2. The van der Waals surface area contributed by atoms with Gasteiger partial charge in [0.05, 0.1) is 16.1 Å². The van der Waals surface area contributed by atoms with Crippen LogP contribution >= 0.6 is 34.5 Å². The number of carbonyl (C=O) groups is 1. The highest BCUT2D eigenvalue weighted by Crippen LogP contribution is 2.30. The summed E-state index contributed by atoms with van der Waals surface area (Å²) in [7, 11) is 0. The summed E-state index contributed by atoms with van der Waals surface area (Å²) < 4.78 is 1.11. The Labute approximate surface area is 147 Å². The highest BCUT2D eigenvalue weighted by Gasteiger charge is 2.15. The maximum absolute atomic E-state index is 12.1. The Kier molecular flexibility index (Phi) is 4.87. The van der Waals surface area contributed by atoms with Gasteiger partial charge in [0.15, 0.2) is 0 Å². The van der Waals surface area contributed by atoms with Crippen LogP contribution < -0.4 is 5.32 Å². The third-order valence-electron chi connectivity index (χ3n) is 3.51. The van der Waals surface area contributed by atoms with Gasteiger partial charge in [0.25, 0.3) is 5.91 Å². The normalized spacial score (nSPS) is 12.3. The van der Waals surface area contributed by atoms with Gasteiger partial charge in [-0.1, -0.05) is 41.4 Å². The van der Waals surface area contributed by atoms with Crippen molar-refractivity contribution in [1.82, 2.24) is 5.32 Å². The van der Waals surface area contributed by atoms with Crippen molar-refractivity contribution >= 4 is 50.5 Å². The molecule has 3 rings (SSSR count). The van der Waals surface area contributed by atoms with Crippen molar-refractivity contribution in [3.05, 3.63) is 69.0 Å². The second-order valence-corrected chi connectivity index (χ2v) is 6.77. The van der Waals surface area contributed by atoms with Crippen molar-refractivity contribution < 1.29 is 9.90 Å². The van der Waals surface area contributed by atoms with Crippen LogP contribution in [0.15, 0.2) is 47.8 Å². The summed E-state index contributed by atoms with van der Waals surface area (Å²) in [6.07, 6.45) is -0.766. The van der Waals surface area contributed by atoms with E-state index in [0.717, 1.165) is 15.6 Å². The summed E-state index contributed by atoms with van der Waals surface area (Å²) in [5, 5.41) is 16.7. The van der Waals surface area contributed by atoms with Gasteiger partial charge in [0, 0.05) is 22.4 Å². The Morgan fingerprint density at radius 3 is 2.74 bits per heavy atom. The van der Waals surface area contributed by atoms with Crippen LogP contribution in [0.5, 0.6) is 0 Å². The predicted octanol–water partition coefficient (Wildman–Crippen LogP) is 4.67. The zero-order valence-corrected chi connectivity index (χ0v) is 14.3. The fraction of sp³-hybridized carbons (Fsp3) is 0.118. The molecule has 1 amide bonds. The predicted molar refractivity (Wildman–Crippen MR) is 95.6 cm³/mol. The largest absolute Gasteiger partial charge is 0.387 e. The van der Waals surface area contributed by atoms with Gasteiger partial charge in [-0.15, -0.1) is 11.3 Å². The molecular weight excluding hydrogens is 353 g/mol. The molecule has 1 unspecified atom stereocenters. The summed E-state index contributed by atoms with van der Waals surface area (Å²) in [6.45, 7) is 0.125. The van der Waals surface area contributed by atoms with E-state index in [1.807, 2.05) is 29.6 Å². The standard InChI is InChI=1S/C17H13Cl2NO2S/c18-13-6-5-10(7-14(13)19)17(22)20-8-15(21)12-9-23-16-4-2-1-3-11(12)16/h1-7,9,15,21H,8H2,(H,20,22). The first-order chi connectivity index (χ1) is 11.1. The van der Waals surface area contributed by atoms with Gasteiger partial charge >= 0.3 is 0 Å². The summed E-state index contributed by atoms with van der Waals surface area (Å²) in [6, 6.07) is 12.5. The fourth-order valence-corrected chi connectivity index (χ4v) is 3.60. The molecule has 3 aromatic rings. The highest BCUT2D eigenvalue weighted by atomic mass is 35.5. The minimum atomic E-state index is -0.766. The number of aliphatic hydroxyl groups is 1. The second kappa shape index (κ2) is 6.89. The monoisotopic (exact) mass is 365 g/mol. The third-order valence-corrected chi connectivity index (χ3v) is 5.23. The number of amides is 1. The molecule has 23 heavy (non-hydrogen) atoms. The molecule has 1 atom stereocenters. The molecule has 0 radical (unpaired) electrons. The lowest BCUT2D eigenvalue weighted by atomic mass is 10.1. The van der Waals surface area contributed by atoms with Crippen LogP contribution in [0.3, 0.4) is 0 Å². The third kappa shape index (κ3) is 3.51. The van der Waals surface area contributed by atoms with E-state index < -0.39 is 6.10 Å². The van der Waals surface area contributed by atoms with E-state index in [1.165, 1.54) is 6.07 Å². The van der Waals surface area contributed by atoms with Crippen LogP contribution in [-0.4, -0.2) is 17.6 Å². The molecule has 0 aliphatic carbocycles. The van der Waals surface area contributed by atoms with Crippen LogP contribution in [0.4, 0.5) is 0 Å². The van der Waals surface area contributed by atoms with E-state index in [4.69, 9.17) is 23.2 Å². The van der Waals surface area contributed by atoms with Gasteiger partial charge < -0.3 is 10.4 Å². The van der Waals surface area contributed by atoms with E-state index >= 15 is 0 Å². The van der Waals surface area contributed by atoms with Crippen molar-refractivity contribution in [2.24, 2.45) is 0 Å². The first-order valence-corrected chi connectivity index (χ1v) is 8.57. The molecule has 2 aromatic carbocycles. The Bertz CT molecular complexity index is 863. The van der Waals surface area contributed by atoms with Crippen LogP contribution in [0, 0.1) is 0 Å². The van der Waals surface area contributed by atoms with Crippen LogP contribution in [0.1, 0.15) is 22.0 Å². The van der Waals surface area contributed by atoms with Gasteiger partial charge in [0.1, 0.15) is 0 Å². The molecule has 118 valence electrons. The van der Waals surface area contributed by atoms with E-state index in [2.05, 4.69) is 5.32 Å². The zero-order valence-electron chi connectivity index (χ0n) is 11.9. The van der Waals surface area contributed by atoms with E-state index in [-0.39, 0.29) is 12.5 Å². The number of aliphatic hydroxyl groups excluding tert-OH is 1. The van der Waals surface area contributed by atoms with Gasteiger partial charge in [-0.05, 0) is 35.0 Å². The molecule has 3 nitrogen and oxygen atoms in total. The van der Waals surface area contributed by atoms with Crippen molar-refractivity contribution in [2.75, 3.05) is 6.54 Å². The molecule has 0 spiro atoms. The molecule has 1 heterocycles. The maximum atomic E-state index is 12.1. The molecule has 0 aliphatic rings. The summed E-state index contributed by atoms with van der Waals surface area (Å²) in [5.74, 6) is -0.304. The first-order valence-electron chi connectivity index (χ1n) is 6.93. The van der Waals surface area contributed by atoms with Crippen LogP contribution in [0.2, 0.25) is 10.0 Å². The molecule has 0 saturated heterocycles. The SMILES string of the molecule is O=C(NCC(O)c1csc2ccccc12)c1ccc(Cl)c(Cl)c1. The Morgan fingerprint density at radius 1 is 1.17 bits per heavy atom. The number of carbonyl (C=O) groups excluding carboxylic acids is 1. The number of hydrogen-bond donors (Lipinski definition) is 2. The van der Waals surface area contributed by atoms with Gasteiger partial charge in [-0.2, -0.15) is 0 Å². The van der Waals surface area contributed by atoms with Crippen LogP contribution in [0.25, 0.3) is 10.1 Å². The lowest BCUT2D eigenvalue weighted by molar-refractivity contribution is 0.0917. The van der Waals surface area contributed by atoms with Gasteiger partial charge in [-0.25, -0.2) is 0 Å². The zero-order chi connectivity index (χ0) is 16.4. The Balaban J connectivity index is 1.70. The summed E-state index contributed by atoms with van der Waals surface area (Å²) in [4.78, 5) is 12.1. The highest BCUT2D eigenvalue weighted by molar-refractivity contribution is 7.17. The fourth-order valence-electron chi connectivity index (χ4n) is 2.30. The van der Waals surface area contributed by atoms with E-state index in [1.54, 1.807) is 23.5 Å². The quantitative estimate of drug-likeness (QED) is 0.705. The lowest BCUT2D eigenvalue weighted by Crippen LogP contribution is -2.28. The molecule has 6 heteroatoms. The minimum Gasteiger partial charge on any atom is -0.387 e. The topological polar surface area (TPSA) is 49.3 Å². The van der Waals surface area contributed by atoms with E-state index in [0.29, 0.717) is 15.6 Å². The molecule has 0 fully saturated rings. The van der Waals surface area contributed by atoms with Crippen molar-refractivity contribution in [2.45, 2.75) is 6.10 Å². The Morgan fingerprint density at radius 2 is 1.96 bits per heavy atom. The molecule has 2 N–H and O–H groups in total. The first kappa shape index (κ1) is 16.3. The minimum absolute atomic E-state index is 0.125. The molecule has 0 aliphatic heterocycles. The van der Waals surface area contributed by atoms with Crippen molar-refractivity contribution in [1.29, 1.82) is 0 Å². The smallest absolute Gasteiger partial charge is 0.251 e.